The Morgan fingerprint density at radius 2 is 2.35 bits per heavy atom. The summed E-state index contributed by atoms with van der Waals surface area (Å²) in [5.41, 5.74) is 0.969. The quantitative estimate of drug-likeness (QED) is 0.643. The molecule has 106 valence electrons. The number of anilines is 1. The molecule has 1 unspecified atom stereocenters. The van der Waals surface area contributed by atoms with Crippen molar-refractivity contribution in [3.8, 4) is 0 Å². The van der Waals surface area contributed by atoms with E-state index >= 15 is 0 Å². The van der Waals surface area contributed by atoms with Crippen molar-refractivity contribution in [1.82, 2.24) is 9.78 Å². The Hall–Kier alpha value is -1.93. The maximum Gasteiger partial charge on any atom is 0.292 e. The van der Waals surface area contributed by atoms with Gasteiger partial charge in [-0.3, -0.25) is 14.8 Å². The van der Waals surface area contributed by atoms with Crippen molar-refractivity contribution in [2.24, 2.45) is 7.05 Å². The van der Waals surface area contributed by atoms with E-state index in [4.69, 9.17) is 0 Å². The molecule has 0 bridgehead atoms. The largest absolute Gasteiger partial charge is 0.386 e. The number of aryl methyl sites for hydroxylation is 1. The van der Waals surface area contributed by atoms with Crippen LogP contribution in [0.15, 0.2) is 35.1 Å². The van der Waals surface area contributed by atoms with E-state index in [1.807, 2.05) is 0 Å². The highest BCUT2D eigenvalue weighted by molar-refractivity contribution is 9.10. The average Bonchev–Trinajstić information content (AvgIpc) is 2.82. The van der Waals surface area contributed by atoms with Crippen molar-refractivity contribution in [2.45, 2.75) is 6.10 Å². The van der Waals surface area contributed by atoms with Gasteiger partial charge in [-0.25, -0.2) is 0 Å². The predicted molar refractivity (Wildman–Crippen MR) is 77.5 cm³/mol. The number of rotatable bonds is 5. The van der Waals surface area contributed by atoms with Crippen molar-refractivity contribution in [3.63, 3.8) is 0 Å². The van der Waals surface area contributed by atoms with Gasteiger partial charge in [0.05, 0.1) is 17.2 Å². The van der Waals surface area contributed by atoms with Gasteiger partial charge in [0.1, 0.15) is 5.69 Å². The lowest BCUT2D eigenvalue weighted by Crippen LogP contribution is -2.12. The molecule has 0 amide bonds. The number of nitrogens with one attached hydrogen (secondary N) is 1. The van der Waals surface area contributed by atoms with Crippen molar-refractivity contribution in [2.75, 3.05) is 11.9 Å². The molecular formula is C12H13BrN4O3. The van der Waals surface area contributed by atoms with E-state index in [2.05, 4.69) is 26.3 Å². The molecule has 0 aliphatic rings. The number of aliphatic hydroxyl groups is 1. The third-order valence-corrected chi connectivity index (χ3v) is 3.24. The van der Waals surface area contributed by atoms with E-state index in [-0.39, 0.29) is 12.2 Å². The molecule has 1 atom stereocenters. The first-order valence-electron chi connectivity index (χ1n) is 5.82. The Bertz CT molecular complexity index is 629. The first-order chi connectivity index (χ1) is 9.47. The number of aliphatic hydroxyl groups excluding tert-OH is 1. The summed E-state index contributed by atoms with van der Waals surface area (Å²) in [6.45, 7) is 0.156. The number of benzene rings is 1. The maximum atomic E-state index is 10.9. The molecule has 0 aliphatic carbocycles. The molecule has 1 heterocycles. The Labute approximate surface area is 123 Å². The number of hydrogen-bond donors (Lipinski definition) is 2. The normalized spacial score (nSPS) is 12.2. The van der Waals surface area contributed by atoms with Gasteiger partial charge in [-0.1, -0.05) is 15.9 Å². The summed E-state index contributed by atoms with van der Waals surface area (Å²) in [5, 5.41) is 27.8. The van der Waals surface area contributed by atoms with Crippen LogP contribution in [0.4, 0.5) is 11.4 Å². The summed E-state index contributed by atoms with van der Waals surface area (Å²) in [7, 11) is 1.75. The van der Waals surface area contributed by atoms with Gasteiger partial charge in [-0.05, 0) is 12.1 Å². The van der Waals surface area contributed by atoms with E-state index in [0.717, 1.165) is 4.47 Å². The van der Waals surface area contributed by atoms with E-state index in [1.165, 1.54) is 6.07 Å². The molecule has 2 N–H and O–H groups in total. The first kappa shape index (κ1) is 14.5. The summed E-state index contributed by atoms with van der Waals surface area (Å²) in [5.74, 6) is 0. The third kappa shape index (κ3) is 3.34. The molecule has 0 saturated heterocycles. The van der Waals surface area contributed by atoms with Gasteiger partial charge in [0, 0.05) is 35.9 Å². The summed E-state index contributed by atoms with van der Waals surface area (Å²) < 4.78 is 2.31. The Morgan fingerprint density at radius 3 is 2.95 bits per heavy atom. The smallest absolute Gasteiger partial charge is 0.292 e. The topological polar surface area (TPSA) is 93.2 Å². The SMILES string of the molecule is Cn1cc(C(O)CNc2cc(Br)ccc2[N+](=O)[O-])cn1. The predicted octanol–water partition coefficient (Wildman–Crippen LogP) is 2.24. The highest BCUT2D eigenvalue weighted by atomic mass is 79.9. The van der Waals surface area contributed by atoms with Gasteiger partial charge in [-0.15, -0.1) is 0 Å². The monoisotopic (exact) mass is 340 g/mol. The standard InChI is InChI=1S/C12H13BrN4O3/c1-16-7-8(5-15-16)12(18)6-14-10-4-9(13)2-3-11(10)17(19)20/h2-5,7,12,14,18H,6H2,1H3. The molecule has 0 aliphatic heterocycles. The molecule has 0 radical (unpaired) electrons. The number of nitro benzene ring substituents is 1. The van der Waals surface area contributed by atoms with Crippen LogP contribution >= 0.6 is 15.9 Å². The average molecular weight is 341 g/mol. The number of nitro groups is 1. The van der Waals surface area contributed by atoms with Crippen LogP contribution in [0.1, 0.15) is 11.7 Å². The summed E-state index contributed by atoms with van der Waals surface area (Å²) in [4.78, 5) is 10.5. The minimum absolute atomic E-state index is 0.0356. The summed E-state index contributed by atoms with van der Waals surface area (Å²) in [6.07, 6.45) is 2.46. The lowest BCUT2D eigenvalue weighted by atomic mass is 10.2. The van der Waals surface area contributed by atoms with Gasteiger partial charge in [0.2, 0.25) is 0 Å². The molecule has 2 rings (SSSR count). The molecule has 2 aromatic rings. The molecular weight excluding hydrogens is 328 g/mol. The molecule has 0 spiro atoms. The Balaban J connectivity index is 2.10. The second-order valence-corrected chi connectivity index (χ2v) is 5.18. The van der Waals surface area contributed by atoms with Crippen LogP contribution in [0.25, 0.3) is 0 Å². The van der Waals surface area contributed by atoms with Crippen molar-refractivity contribution >= 4 is 27.3 Å². The van der Waals surface area contributed by atoms with Gasteiger partial charge < -0.3 is 10.4 Å². The van der Waals surface area contributed by atoms with Crippen molar-refractivity contribution in [3.05, 3.63) is 50.7 Å². The van der Waals surface area contributed by atoms with Crippen molar-refractivity contribution < 1.29 is 10.0 Å². The van der Waals surface area contributed by atoms with E-state index in [9.17, 15) is 15.2 Å². The van der Waals surface area contributed by atoms with Crippen LogP contribution in [0.2, 0.25) is 0 Å². The van der Waals surface area contributed by atoms with Gasteiger partial charge in [-0.2, -0.15) is 5.10 Å². The molecule has 1 aromatic carbocycles. The maximum absolute atomic E-state index is 10.9. The first-order valence-corrected chi connectivity index (χ1v) is 6.61. The minimum Gasteiger partial charge on any atom is -0.386 e. The molecule has 8 heteroatoms. The Kier molecular flexibility index (Phi) is 4.35. The second kappa shape index (κ2) is 6.02. The number of nitrogens with zero attached hydrogens (tertiary/aromatic N) is 3. The van der Waals surface area contributed by atoms with Crippen LogP contribution in [-0.4, -0.2) is 26.4 Å². The van der Waals surface area contributed by atoms with E-state index in [1.54, 1.807) is 36.3 Å². The van der Waals surface area contributed by atoms with E-state index in [0.29, 0.717) is 11.3 Å². The Morgan fingerprint density at radius 1 is 1.60 bits per heavy atom. The van der Waals surface area contributed by atoms with Gasteiger partial charge in [0.25, 0.3) is 5.69 Å². The van der Waals surface area contributed by atoms with Crippen LogP contribution in [-0.2, 0) is 7.05 Å². The highest BCUT2D eigenvalue weighted by Crippen LogP contribution is 2.28. The fraction of sp³-hybridized carbons (Fsp3) is 0.250. The zero-order valence-electron chi connectivity index (χ0n) is 10.7. The lowest BCUT2D eigenvalue weighted by molar-refractivity contribution is -0.384. The van der Waals surface area contributed by atoms with Crippen molar-refractivity contribution in [1.29, 1.82) is 0 Å². The summed E-state index contributed by atoms with van der Waals surface area (Å²) >= 11 is 3.26. The van der Waals surface area contributed by atoms with Gasteiger partial charge in [0.15, 0.2) is 0 Å². The number of aromatic nitrogens is 2. The number of hydrogen-bond acceptors (Lipinski definition) is 5. The lowest BCUT2D eigenvalue weighted by Gasteiger charge is -2.11. The molecule has 0 fully saturated rings. The molecule has 20 heavy (non-hydrogen) atoms. The molecule has 7 nitrogen and oxygen atoms in total. The van der Waals surface area contributed by atoms with Crippen LogP contribution < -0.4 is 5.32 Å². The third-order valence-electron chi connectivity index (χ3n) is 2.75. The summed E-state index contributed by atoms with van der Waals surface area (Å²) in [6, 6.07) is 4.61. The molecule has 1 aromatic heterocycles. The zero-order valence-corrected chi connectivity index (χ0v) is 12.2. The van der Waals surface area contributed by atoms with E-state index < -0.39 is 11.0 Å². The van der Waals surface area contributed by atoms with Crippen LogP contribution in [0.3, 0.4) is 0 Å². The number of halogens is 1. The second-order valence-electron chi connectivity index (χ2n) is 4.26. The highest BCUT2D eigenvalue weighted by Gasteiger charge is 2.16. The molecule has 0 saturated carbocycles. The zero-order chi connectivity index (χ0) is 14.7. The fourth-order valence-electron chi connectivity index (χ4n) is 1.75. The van der Waals surface area contributed by atoms with Gasteiger partial charge >= 0.3 is 0 Å². The van der Waals surface area contributed by atoms with Crippen LogP contribution in [0, 0.1) is 10.1 Å². The van der Waals surface area contributed by atoms with Crippen LogP contribution in [0.5, 0.6) is 0 Å². The minimum atomic E-state index is -0.790. The fourth-order valence-corrected chi connectivity index (χ4v) is 2.11.